The van der Waals surface area contributed by atoms with Gasteiger partial charge in [-0.2, -0.15) is 0 Å². The van der Waals surface area contributed by atoms with Gasteiger partial charge < -0.3 is 40.3 Å². The second-order valence-corrected chi connectivity index (χ2v) is 11.2. The zero-order chi connectivity index (χ0) is 32.8. The summed E-state index contributed by atoms with van der Waals surface area (Å²) >= 11 is 0. The third-order valence-corrected chi connectivity index (χ3v) is 8.15. The largest absolute Gasteiger partial charge is 0.492 e. The van der Waals surface area contributed by atoms with E-state index in [1.807, 2.05) is 6.92 Å². The van der Waals surface area contributed by atoms with Gasteiger partial charge in [-0.1, -0.05) is 55.8 Å². The second-order valence-electron chi connectivity index (χ2n) is 11.2. The highest BCUT2D eigenvalue weighted by Gasteiger charge is 2.44. The second kappa shape index (κ2) is 18.2. The van der Waals surface area contributed by atoms with Gasteiger partial charge in [0.05, 0.1) is 37.8 Å². The Labute approximate surface area is 263 Å². The zero-order valence-electron chi connectivity index (χ0n) is 25.6. The standard InChI is InChI=1S/C31H44N6O8/c1-3-5-16-33-29(42)26(20-11-7-6-8-12-20)37(17-4-2)31(43)21-13-9-10-14-22(21)44-18-15-24(39)34-25-28(41)27(40)23(19-38)45-30(25)35-36-32/h2,9-10,13-14,20,23,25-28,30,38,40-41H,3,5-8,11-12,15-19H2,1H3,(H,33,42)(H,34,39). The third kappa shape index (κ3) is 9.56. The van der Waals surface area contributed by atoms with Crippen molar-refractivity contribution in [2.75, 3.05) is 26.3 Å². The molecule has 1 saturated carbocycles. The number of para-hydroxylation sites is 1. The van der Waals surface area contributed by atoms with Crippen LogP contribution in [0.5, 0.6) is 5.75 Å². The van der Waals surface area contributed by atoms with E-state index in [-0.39, 0.29) is 42.7 Å². The minimum absolute atomic E-state index is 0.0334. The molecule has 2 fully saturated rings. The Kier molecular flexibility index (Phi) is 14.4. The molecular weight excluding hydrogens is 584 g/mol. The zero-order valence-corrected chi connectivity index (χ0v) is 25.6. The van der Waals surface area contributed by atoms with Crippen molar-refractivity contribution in [3.63, 3.8) is 0 Å². The first kappa shape index (κ1) is 35.6. The van der Waals surface area contributed by atoms with Gasteiger partial charge in [0.2, 0.25) is 11.8 Å². The first-order valence-electron chi connectivity index (χ1n) is 15.5. The number of carbonyl (C=O) groups is 3. The van der Waals surface area contributed by atoms with Crippen LogP contribution in [0.3, 0.4) is 0 Å². The number of terminal acetylenes is 1. The summed E-state index contributed by atoms with van der Waals surface area (Å²) in [6.45, 7) is 1.66. The molecule has 6 atom stereocenters. The summed E-state index contributed by atoms with van der Waals surface area (Å²) in [6, 6.07) is 4.48. The van der Waals surface area contributed by atoms with Crippen LogP contribution in [0.4, 0.5) is 0 Å². The summed E-state index contributed by atoms with van der Waals surface area (Å²) in [4.78, 5) is 44.3. The monoisotopic (exact) mass is 628 g/mol. The van der Waals surface area contributed by atoms with Crippen LogP contribution in [0.15, 0.2) is 29.4 Å². The molecule has 0 bridgehead atoms. The number of hydrogen-bond acceptors (Lipinski definition) is 9. The van der Waals surface area contributed by atoms with Gasteiger partial charge in [-0.25, -0.2) is 0 Å². The van der Waals surface area contributed by atoms with Crippen molar-refractivity contribution >= 4 is 17.7 Å². The molecule has 246 valence electrons. The summed E-state index contributed by atoms with van der Waals surface area (Å²) in [7, 11) is 0. The van der Waals surface area contributed by atoms with E-state index in [0.717, 1.165) is 44.9 Å². The first-order valence-corrected chi connectivity index (χ1v) is 15.5. The fourth-order valence-electron chi connectivity index (χ4n) is 5.79. The van der Waals surface area contributed by atoms with E-state index in [9.17, 15) is 29.7 Å². The maximum atomic E-state index is 14.0. The average Bonchev–Trinajstić information content (AvgIpc) is 3.05. The Bertz CT molecular complexity index is 1230. The molecule has 1 aromatic rings. The van der Waals surface area contributed by atoms with Gasteiger partial charge in [0.1, 0.15) is 30.1 Å². The van der Waals surface area contributed by atoms with Crippen LogP contribution >= 0.6 is 0 Å². The molecule has 14 nitrogen and oxygen atoms in total. The van der Waals surface area contributed by atoms with Gasteiger partial charge in [0.25, 0.3) is 5.91 Å². The number of aliphatic hydroxyl groups excluding tert-OH is 3. The number of unbranched alkanes of at least 4 members (excludes halogenated alkanes) is 1. The Morgan fingerprint density at radius 1 is 1.22 bits per heavy atom. The van der Waals surface area contributed by atoms with Crippen LogP contribution < -0.4 is 15.4 Å². The predicted octanol–water partition coefficient (Wildman–Crippen LogP) is 1.63. The molecule has 1 aromatic carbocycles. The van der Waals surface area contributed by atoms with Gasteiger partial charge >= 0.3 is 0 Å². The first-order chi connectivity index (χ1) is 21.8. The molecule has 1 saturated heterocycles. The van der Waals surface area contributed by atoms with Crippen LogP contribution in [-0.4, -0.2) is 101 Å². The Morgan fingerprint density at radius 2 is 1.96 bits per heavy atom. The van der Waals surface area contributed by atoms with Crippen molar-refractivity contribution < 1.29 is 39.2 Å². The topological polar surface area (TPSA) is 206 Å². The average molecular weight is 629 g/mol. The molecule has 0 radical (unpaired) electrons. The summed E-state index contributed by atoms with van der Waals surface area (Å²) in [5.41, 5.74) is 9.04. The van der Waals surface area contributed by atoms with Crippen molar-refractivity contribution in [1.29, 1.82) is 0 Å². The summed E-state index contributed by atoms with van der Waals surface area (Å²) in [5.74, 6) is 1.40. The molecule has 3 rings (SSSR count). The molecule has 45 heavy (non-hydrogen) atoms. The van der Waals surface area contributed by atoms with E-state index >= 15 is 0 Å². The lowest BCUT2D eigenvalue weighted by Gasteiger charge is -2.40. The minimum atomic E-state index is -1.58. The molecule has 1 aliphatic heterocycles. The van der Waals surface area contributed by atoms with Gasteiger partial charge in [-0.3, -0.25) is 14.4 Å². The van der Waals surface area contributed by atoms with Crippen LogP contribution in [0, 0.1) is 18.3 Å². The van der Waals surface area contributed by atoms with Crippen LogP contribution in [-0.2, 0) is 14.3 Å². The van der Waals surface area contributed by atoms with Crippen LogP contribution in [0.1, 0.15) is 68.6 Å². The lowest BCUT2D eigenvalue weighted by atomic mass is 9.82. The van der Waals surface area contributed by atoms with Gasteiger partial charge in [0.15, 0.2) is 6.23 Å². The van der Waals surface area contributed by atoms with E-state index in [0.29, 0.717) is 6.54 Å². The Balaban J connectivity index is 1.72. The van der Waals surface area contributed by atoms with Gasteiger partial charge in [-0.05, 0) is 42.8 Å². The van der Waals surface area contributed by atoms with E-state index in [1.165, 1.54) is 4.90 Å². The fourth-order valence-corrected chi connectivity index (χ4v) is 5.79. The molecule has 6 unspecified atom stereocenters. The van der Waals surface area contributed by atoms with Gasteiger partial charge in [0, 0.05) is 11.5 Å². The van der Waals surface area contributed by atoms with Crippen molar-refractivity contribution in [2.24, 2.45) is 11.0 Å². The van der Waals surface area contributed by atoms with Crippen molar-refractivity contribution in [3.8, 4) is 18.1 Å². The van der Waals surface area contributed by atoms with E-state index in [2.05, 4.69) is 26.6 Å². The van der Waals surface area contributed by atoms with Crippen molar-refractivity contribution in [1.82, 2.24) is 15.5 Å². The summed E-state index contributed by atoms with van der Waals surface area (Å²) in [5, 5.41) is 38.9. The summed E-state index contributed by atoms with van der Waals surface area (Å²) in [6.07, 6.45) is 6.17. The number of amides is 3. The molecule has 14 heteroatoms. The SMILES string of the molecule is C#CCN(C(=O)c1ccccc1OCCC(=O)NC1C(N=[N+]=[N-])OC(CO)C(O)C1O)C(C(=O)NCCCC)C1CCCCC1. The maximum absolute atomic E-state index is 14.0. The number of ether oxygens (including phenoxy) is 2. The minimum Gasteiger partial charge on any atom is -0.492 e. The highest BCUT2D eigenvalue weighted by atomic mass is 16.5. The Hall–Kier alpha value is -3.86. The summed E-state index contributed by atoms with van der Waals surface area (Å²) < 4.78 is 11.2. The number of nitrogens with one attached hydrogen (secondary N) is 2. The smallest absolute Gasteiger partial charge is 0.259 e. The molecule has 5 N–H and O–H groups in total. The van der Waals surface area contributed by atoms with E-state index in [1.54, 1.807) is 24.3 Å². The molecule has 1 heterocycles. The molecule has 0 aromatic heterocycles. The van der Waals surface area contributed by atoms with E-state index < -0.39 is 55.0 Å². The normalized spacial score (nSPS) is 23.9. The molecule has 2 aliphatic rings. The fraction of sp³-hybridized carbons (Fsp3) is 0.645. The van der Waals surface area contributed by atoms with Crippen LogP contribution in [0.25, 0.3) is 10.4 Å². The quantitative estimate of drug-likeness (QED) is 0.0633. The Morgan fingerprint density at radius 3 is 2.62 bits per heavy atom. The highest BCUT2D eigenvalue weighted by Crippen LogP contribution is 2.31. The number of azide groups is 1. The number of carbonyl (C=O) groups excluding carboxylic acids is 3. The number of aliphatic hydroxyl groups is 3. The number of nitrogens with zero attached hydrogens (tertiary/aromatic N) is 4. The molecular formula is C31H44N6O8. The van der Waals surface area contributed by atoms with Crippen molar-refractivity contribution in [2.45, 2.75) is 94.9 Å². The van der Waals surface area contributed by atoms with Crippen LogP contribution in [0.2, 0.25) is 0 Å². The predicted molar refractivity (Wildman–Crippen MR) is 164 cm³/mol. The lowest BCUT2D eigenvalue weighted by molar-refractivity contribution is -0.193. The van der Waals surface area contributed by atoms with E-state index in [4.69, 9.17) is 21.4 Å². The molecule has 0 spiro atoms. The maximum Gasteiger partial charge on any atom is 0.259 e. The number of rotatable bonds is 15. The highest BCUT2D eigenvalue weighted by molar-refractivity contribution is 6.00. The number of benzene rings is 1. The molecule has 3 amide bonds. The number of hydrogen-bond donors (Lipinski definition) is 5. The lowest BCUT2D eigenvalue weighted by Crippen LogP contribution is -2.63. The van der Waals surface area contributed by atoms with Gasteiger partial charge in [-0.15, -0.1) is 6.42 Å². The third-order valence-electron chi connectivity index (χ3n) is 8.15. The molecule has 1 aliphatic carbocycles. The van der Waals surface area contributed by atoms with Crippen molar-refractivity contribution in [3.05, 3.63) is 40.3 Å².